The van der Waals surface area contributed by atoms with Crippen LogP contribution in [0.15, 0.2) is 48.0 Å². The van der Waals surface area contributed by atoms with Crippen molar-refractivity contribution < 1.29 is 9.53 Å². The molecule has 2 aromatic rings. The summed E-state index contributed by atoms with van der Waals surface area (Å²) >= 11 is 5.75. The molecule has 0 fully saturated rings. The number of benzene rings is 1. The Morgan fingerprint density at radius 3 is 2.85 bits per heavy atom. The lowest BCUT2D eigenvalue weighted by Crippen LogP contribution is -2.24. The number of aromatic nitrogens is 2. The molecule has 0 saturated carbocycles. The average molecular weight is 291 g/mol. The van der Waals surface area contributed by atoms with Crippen LogP contribution < -0.4 is 10.2 Å². The average Bonchev–Trinajstić information content (AvgIpc) is 2.48. The molecule has 0 aliphatic heterocycles. The van der Waals surface area contributed by atoms with Gasteiger partial charge in [0, 0.05) is 17.4 Å². The Kier molecular flexibility index (Phi) is 5.02. The molecule has 1 aromatic carbocycles. The molecular weight excluding hydrogens is 280 g/mol. The summed E-state index contributed by atoms with van der Waals surface area (Å²) in [6.45, 7) is -0.184. The number of amides is 1. The van der Waals surface area contributed by atoms with Crippen molar-refractivity contribution in [2.24, 2.45) is 5.10 Å². The van der Waals surface area contributed by atoms with Gasteiger partial charge in [-0.3, -0.25) is 9.78 Å². The maximum Gasteiger partial charge on any atom is 0.278 e. The van der Waals surface area contributed by atoms with Gasteiger partial charge in [0.15, 0.2) is 6.61 Å². The summed E-state index contributed by atoms with van der Waals surface area (Å²) in [6, 6.07) is 7.05. The maximum atomic E-state index is 11.4. The molecule has 0 radical (unpaired) electrons. The van der Waals surface area contributed by atoms with Crippen LogP contribution >= 0.6 is 11.6 Å². The summed E-state index contributed by atoms with van der Waals surface area (Å²) in [7, 11) is 0. The third-order valence-electron chi connectivity index (χ3n) is 2.16. The van der Waals surface area contributed by atoms with Crippen molar-refractivity contribution >= 4 is 23.7 Å². The molecule has 6 nitrogen and oxygen atoms in total. The van der Waals surface area contributed by atoms with E-state index in [1.807, 2.05) is 0 Å². The van der Waals surface area contributed by atoms with E-state index in [4.69, 9.17) is 16.3 Å². The third-order valence-corrected chi connectivity index (χ3v) is 2.42. The van der Waals surface area contributed by atoms with E-state index in [0.717, 1.165) is 5.56 Å². The second-order valence-electron chi connectivity index (χ2n) is 3.68. The molecule has 0 aliphatic rings. The number of nitrogens with one attached hydrogen (secondary N) is 1. The highest BCUT2D eigenvalue weighted by molar-refractivity contribution is 6.30. The smallest absolute Gasteiger partial charge is 0.278 e. The van der Waals surface area contributed by atoms with Crippen LogP contribution in [-0.4, -0.2) is 28.7 Å². The zero-order valence-electron chi connectivity index (χ0n) is 10.4. The molecule has 2 rings (SSSR count). The zero-order valence-corrected chi connectivity index (χ0v) is 11.1. The molecule has 0 bridgehead atoms. The number of ether oxygens (including phenoxy) is 1. The minimum Gasteiger partial charge on any atom is -0.466 e. The number of nitrogens with zero attached hydrogens (tertiary/aromatic N) is 3. The van der Waals surface area contributed by atoms with Crippen LogP contribution in [0, 0.1) is 0 Å². The van der Waals surface area contributed by atoms with E-state index in [1.165, 1.54) is 24.8 Å². The molecule has 1 amide bonds. The Bertz CT molecular complexity index is 587. The first-order valence-corrected chi connectivity index (χ1v) is 6.08. The van der Waals surface area contributed by atoms with E-state index >= 15 is 0 Å². The van der Waals surface area contributed by atoms with Gasteiger partial charge in [-0.15, -0.1) is 0 Å². The molecule has 0 saturated heterocycles. The fourth-order valence-corrected chi connectivity index (χ4v) is 1.39. The molecule has 0 atom stereocenters. The van der Waals surface area contributed by atoms with E-state index < -0.39 is 0 Å². The van der Waals surface area contributed by atoms with Gasteiger partial charge < -0.3 is 4.74 Å². The summed E-state index contributed by atoms with van der Waals surface area (Å²) < 4.78 is 5.11. The number of hydrogen-bond acceptors (Lipinski definition) is 5. The zero-order chi connectivity index (χ0) is 14.2. The molecule has 0 aliphatic carbocycles. The first kappa shape index (κ1) is 14.0. The number of halogens is 1. The molecule has 0 unspecified atom stereocenters. The topological polar surface area (TPSA) is 76.5 Å². The lowest BCUT2D eigenvalue weighted by molar-refractivity contribution is -0.123. The minimum absolute atomic E-state index is 0.184. The normalized spacial score (nSPS) is 10.4. The summed E-state index contributed by atoms with van der Waals surface area (Å²) in [4.78, 5) is 19.1. The number of carbonyl (C=O) groups excluding carboxylic acids is 1. The van der Waals surface area contributed by atoms with Gasteiger partial charge in [-0.2, -0.15) is 5.10 Å². The molecule has 1 N–H and O–H groups in total. The van der Waals surface area contributed by atoms with Gasteiger partial charge >= 0.3 is 0 Å². The number of carbonyl (C=O) groups is 1. The maximum absolute atomic E-state index is 11.4. The monoisotopic (exact) mass is 290 g/mol. The van der Waals surface area contributed by atoms with Crippen LogP contribution in [0.2, 0.25) is 5.02 Å². The number of rotatable bonds is 5. The van der Waals surface area contributed by atoms with Crippen LogP contribution in [-0.2, 0) is 4.79 Å². The van der Waals surface area contributed by atoms with Crippen LogP contribution in [0.1, 0.15) is 5.56 Å². The Labute approximate surface area is 120 Å². The number of hydrazone groups is 1. The highest BCUT2D eigenvalue weighted by atomic mass is 35.5. The largest absolute Gasteiger partial charge is 0.466 e. The molecule has 7 heteroatoms. The van der Waals surface area contributed by atoms with E-state index in [2.05, 4.69) is 20.5 Å². The minimum atomic E-state index is -0.388. The molecule has 20 heavy (non-hydrogen) atoms. The van der Waals surface area contributed by atoms with Crippen molar-refractivity contribution in [3.63, 3.8) is 0 Å². The summed E-state index contributed by atoms with van der Waals surface area (Å²) in [5.74, 6) is -0.106. The van der Waals surface area contributed by atoms with Gasteiger partial charge in [0.2, 0.25) is 5.88 Å². The standard InChI is InChI=1S/C13H11ClN4O2/c14-11-3-1-10(2-4-11)7-17-18-12(19)9-20-13-8-15-5-6-16-13/h1-8H,9H2,(H,18,19)/b17-7+. The highest BCUT2D eigenvalue weighted by Gasteiger charge is 2.01. The summed E-state index contributed by atoms with van der Waals surface area (Å²) in [6.07, 6.45) is 5.93. The lowest BCUT2D eigenvalue weighted by Gasteiger charge is -2.02. The van der Waals surface area contributed by atoms with Crippen LogP contribution in [0.5, 0.6) is 5.88 Å². The fourth-order valence-electron chi connectivity index (χ4n) is 1.26. The Morgan fingerprint density at radius 2 is 2.15 bits per heavy atom. The van der Waals surface area contributed by atoms with E-state index in [-0.39, 0.29) is 18.4 Å². The van der Waals surface area contributed by atoms with E-state index in [0.29, 0.717) is 5.02 Å². The summed E-state index contributed by atoms with van der Waals surface area (Å²) in [5.41, 5.74) is 3.16. The van der Waals surface area contributed by atoms with Crippen LogP contribution in [0.4, 0.5) is 0 Å². The van der Waals surface area contributed by atoms with Crippen molar-refractivity contribution in [1.29, 1.82) is 0 Å². The highest BCUT2D eigenvalue weighted by Crippen LogP contribution is 2.07. The molecule has 102 valence electrons. The predicted octanol–water partition coefficient (Wildman–Crippen LogP) is 1.66. The first-order chi connectivity index (χ1) is 9.74. The van der Waals surface area contributed by atoms with Gasteiger partial charge in [0.05, 0.1) is 12.4 Å². The van der Waals surface area contributed by atoms with Gasteiger partial charge in [-0.25, -0.2) is 10.4 Å². The third kappa shape index (κ3) is 4.66. The molecule has 1 heterocycles. The molecule has 1 aromatic heterocycles. The van der Waals surface area contributed by atoms with E-state index in [1.54, 1.807) is 24.3 Å². The van der Waals surface area contributed by atoms with Crippen molar-refractivity contribution in [2.75, 3.05) is 6.61 Å². The van der Waals surface area contributed by atoms with Gasteiger partial charge in [-0.1, -0.05) is 23.7 Å². The van der Waals surface area contributed by atoms with Gasteiger partial charge in [0.25, 0.3) is 5.91 Å². The SMILES string of the molecule is O=C(COc1cnccn1)N/N=C/c1ccc(Cl)cc1. The van der Waals surface area contributed by atoms with Gasteiger partial charge in [-0.05, 0) is 17.7 Å². The lowest BCUT2D eigenvalue weighted by atomic mass is 10.2. The quantitative estimate of drug-likeness (QED) is 0.671. The summed E-state index contributed by atoms with van der Waals surface area (Å²) in [5, 5.41) is 4.44. The molecule has 0 spiro atoms. The molecular formula is C13H11ClN4O2. The van der Waals surface area contributed by atoms with E-state index in [9.17, 15) is 4.79 Å². The Balaban J connectivity index is 1.76. The van der Waals surface area contributed by atoms with Crippen molar-refractivity contribution in [3.05, 3.63) is 53.4 Å². The second-order valence-corrected chi connectivity index (χ2v) is 4.11. The van der Waals surface area contributed by atoms with Crippen molar-refractivity contribution in [3.8, 4) is 5.88 Å². The van der Waals surface area contributed by atoms with Crippen LogP contribution in [0.3, 0.4) is 0 Å². The van der Waals surface area contributed by atoms with Crippen LogP contribution in [0.25, 0.3) is 0 Å². The predicted molar refractivity (Wildman–Crippen MR) is 74.7 cm³/mol. The van der Waals surface area contributed by atoms with Gasteiger partial charge in [0.1, 0.15) is 0 Å². The Morgan fingerprint density at radius 1 is 1.35 bits per heavy atom. The number of hydrogen-bond donors (Lipinski definition) is 1. The second kappa shape index (κ2) is 7.20. The Hall–Kier alpha value is -2.47. The van der Waals surface area contributed by atoms with Crippen molar-refractivity contribution in [2.45, 2.75) is 0 Å². The fraction of sp³-hybridized carbons (Fsp3) is 0.0769. The van der Waals surface area contributed by atoms with Crippen molar-refractivity contribution in [1.82, 2.24) is 15.4 Å². The first-order valence-electron chi connectivity index (χ1n) is 5.70.